The first-order valence-electron chi connectivity index (χ1n) is 10.3. The van der Waals surface area contributed by atoms with Gasteiger partial charge in [-0.3, -0.25) is 14.4 Å². The summed E-state index contributed by atoms with van der Waals surface area (Å²) in [5.41, 5.74) is 2.23. The molecule has 0 radical (unpaired) electrons. The van der Waals surface area contributed by atoms with Crippen molar-refractivity contribution in [3.05, 3.63) is 52.1 Å². The maximum absolute atomic E-state index is 12.8. The van der Waals surface area contributed by atoms with E-state index in [0.717, 1.165) is 18.7 Å². The quantitative estimate of drug-likeness (QED) is 0.661. The zero-order valence-electron chi connectivity index (χ0n) is 16.9. The van der Waals surface area contributed by atoms with Gasteiger partial charge in [0, 0.05) is 78.8 Å². The Balaban J connectivity index is 1.43. The minimum Gasteiger partial charge on any atom is -0.340 e. The van der Waals surface area contributed by atoms with E-state index in [4.69, 9.17) is 23.8 Å². The Bertz CT molecular complexity index is 1010. The summed E-state index contributed by atoms with van der Waals surface area (Å²) in [5, 5.41) is 6.58. The van der Waals surface area contributed by atoms with Gasteiger partial charge >= 0.3 is 0 Å². The Kier molecular flexibility index (Phi) is 6.50. The second-order valence-corrected chi connectivity index (χ2v) is 8.60. The molecule has 0 bridgehead atoms. The number of nitrogens with one attached hydrogen (secondary N) is 2. The number of nitrogens with zero attached hydrogens (tertiary/aromatic N) is 2. The summed E-state index contributed by atoms with van der Waals surface area (Å²) < 4.78 is 0. The number of rotatable bonds is 5. The van der Waals surface area contributed by atoms with Crippen LogP contribution in [0.25, 0.3) is 0 Å². The fourth-order valence-electron chi connectivity index (χ4n) is 3.95. The molecular formula is C22H23ClN4O3S. The van der Waals surface area contributed by atoms with Gasteiger partial charge < -0.3 is 20.4 Å². The first kappa shape index (κ1) is 21.7. The number of carbonyl (C=O) groups excluding carboxylic acids is 3. The normalized spacial score (nSPS) is 18.5. The van der Waals surface area contributed by atoms with Crippen molar-refractivity contribution in [3.8, 4) is 0 Å². The molecule has 2 aliphatic heterocycles. The van der Waals surface area contributed by atoms with Crippen LogP contribution >= 0.6 is 23.8 Å². The third-order valence-corrected chi connectivity index (χ3v) is 6.32. The van der Waals surface area contributed by atoms with E-state index in [2.05, 4.69) is 10.6 Å². The largest absolute Gasteiger partial charge is 0.340 e. The summed E-state index contributed by atoms with van der Waals surface area (Å²) in [5.74, 6) is -0.413. The number of thiocarbonyl (C=S) groups is 1. The van der Waals surface area contributed by atoms with Crippen molar-refractivity contribution in [2.24, 2.45) is 0 Å². The van der Waals surface area contributed by atoms with Gasteiger partial charge in [-0.15, -0.1) is 0 Å². The van der Waals surface area contributed by atoms with Crippen molar-refractivity contribution in [1.29, 1.82) is 0 Å². The highest BCUT2D eigenvalue weighted by molar-refractivity contribution is 7.81. The van der Waals surface area contributed by atoms with E-state index in [-0.39, 0.29) is 24.1 Å². The number of amides is 3. The van der Waals surface area contributed by atoms with Gasteiger partial charge in [-0.1, -0.05) is 36.0 Å². The lowest BCUT2D eigenvalue weighted by Gasteiger charge is -2.28. The van der Waals surface area contributed by atoms with Crippen LogP contribution in [0.1, 0.15) is 28.8 Å². The van der Waals surface area contributed by atoms with Crippen LogP contribution in [-0.2, 0) is 16.1 Å². The standard InChI is InChI=1S/C22H23ClN4O3S/c23-14-4-5-19(31)16(12-14)21(29)25-18-3-1-2-15-17(18)13-27(22(15)30)9-6-20(28)26-10-7-24-8-11-26/h1-4,12,24H,5-11,13H2,(H,25,29). The molecule has 1 aliphatic carbocycles. The van der Waals surface area contributed by atoms with Crippen LogP contribution < -0.4 is 10.6 Å². The highest BCUT2D eigenvalue weighted by Crippen LogP contribution is 2.30. The van der Waals surface area contributed by atoms with Gasteiger partial charge in [0.2, 0.25) is 5.91 Å². The maximum Gasteiger partial charge on any atom is 0.256 e. The van der Waals surface area contributed by atoms with E-state index in [1.807, 2.05) is 4.90 Å². The van der Waals surface area contributed by atoms with Gasteiger partial charge in [-0.05, 0) is 18.2 Å². The number of anilines is 1. The summed E-state index contributed by atoms with van der Waals surface area (Å²) in [4.78, 5) is 42.1. The van der Waals surface area contributed by atoms with Crippen LogP contribution in [0.4, 0.5) is 5.69 Å². The van der Waals surface area contributed by atoms with Crippen LogP contribution in [0.2, 0.25) is 0 Å². The fraction of sp³-hybridized carbons (Fsp3) is 0.364. The SMILES string of the molecule is O=C(Nc1cccc2c1CN(CCC(=O)N1CCNCC1)C2=O)C1=CC(Cl)=CCC1=S. The Morgan fingerprint density at radius 2 is 2.00 bits per heavy atom. The van der Waals surface area contributed by atoms with Gasteiger partial charge in [0.25, 0.3) is 11.8 Å². The Hall–Kier alpha value is -2.55. The number of halogens is 1. The molecule has 3 amide bonds. The molecule has 7 nitrogen and oxygen atoms in total. The number of fused-ring (bicyclic) bond motifs is 1. The van der Waals surface area contributed by atoms with Crippen LogP contribution in [0.15, 0.2) is 41.0 Å². The molecule has 0 unspecified atom stereocenters. The fourth-order valence-corrected chi connectivity index (χ4v) is 4.37. The lowest BCUT2D eigenvalue weighted by molar-refractivity contribution is -0.132. The van der Waals surface area contributed by atoms with Crippen LogP contribution in [0, 0.1) is 0 Å². The number of hydrogen-bond donors (Lipinski definition) is 2. The van der Waals surface area contributed by atoms with Crippen molar-refractivity contribution in [3.63, 3.8) is 0 Å². The van der Waals surface area contributed by atoms with E-state index in [1.165, 1.54) is 0 Å². The minimum atomic E-state index is -0.343. The van der Waals surface area contributed by atoms with E-state index in [0.29, 0.717) is 59.3 Å². The first-order valence-corrected chi connectivity index (χ1v) is 11.0. The molecule has 2 N–H and O–H groups in total. The molecule has 1 saturated heterocycles. The summed E-state index contributed by atoms with van der Waals surface area (Å²) >= 11 is 11.3. The zero-order chi connectivity index (χ0) is 22.0. The third kappa shape index (κ3) is 4.71. The minimum absolute atomic E-state index is 0.0569. The molecule has 1 fully saturated rings. The topological polar surface area (TPSA) is 81.8 Å². The number of piperazine rings is 1. The number of hydrogen-bond acceptors (Lipinski definition) is 5. The molecule has 0 spiro atoms. The number of benzene rings is 1. The highest BCUT2D eigenvalue weighted by Gasteiger charge is 2.31. The molecule has 0 saturated carbocycles. The molecule has 4 rings (SSSR count). The summed E-state index contributed by atoms with van der Waals surface area (Å²) in [7, 11) is 0. The molecule has 31 heavy (non-hydrogen) atoms. The molecule has 3 aliphatic rings. The van der Waals surface area contributed by atoms with Gasteiger partial charge in [0.15, 0.2) is 0 Å². The third-order valence-electron chi connectivity index (χ3n) is 5.67. The van der Waals surface area contributed by atoms with Crippen molar-refractivity contribution in [2.75, 3.05) is 38.0 Å². The van der Waals surface area contributed by atoms with Gasteiger partial charge in [-0.2, -0.15) is 0 Å². The van der Waals surface area contributed by atoms with Crippen LogP contribution in [0.5, 0.6) is 0 Å². The molecule has 0 atom stereocenters. The Labute approximate surface area is 191 Å². The second kappa shape index (κ2) is 9.30. The molecule has 1 aromatic rings. The maximum atomic E-state index is 12.8. The van der Waals surface area contributed by atoms with Crippen molar-refractivity contribution < 1.29 is 14.4 Å². The molecular weight excluding hydrogens is 436 g/mol. The number of carbonyl (C=O) groups is 3. The highest BCUT2D eigenvalue weighted by atomic mass is 35.5. The Morgan fingerprint density at radius 3 is 2.77 bits per heavy atom. The lowest BCUT2D eigenvalue weighted by atomic mass is 10.0. The first-order chi connectivity index (χ1) is 14.9. The average molecular weight is 459 g/mol. The summed E-state index contributed by atoms with van der Waals surface area (Å²) in [6, 6.07) is 5.25. The van der Waals surface area contributed by atoms with E-state index in [1.54, 1.807) is 35.3 Å². The van der Waals surface area contributed by atoms with E-state index >= 15 is 0 Å². The smallest absolute Gasteiger partial charge is 0.256 e. The zero-order valence-corrected chi connectivity index (χ0v) is 18.5. The predicted octanol–water partition coefficient (Wildman–Crippen LogP) is 2.23. The molecule has 162 valence electrons. The van der Waals surface area contributed by atoms with Gasteiger partial charge in [-0.25, -0.2) is 0 Å². The molecule has 9 heteroatoms. The molecule has 0 aromatic heterocycles. The second-order valence-electron chi connectivity index (χ2n) is 7.67. The average Bonchev–Trinajstić information content (AvgIpc) is 3.11. The number of allylic oxidation sites excluding steroid dienone is 3. The van der Waals surface area contributed by atoms with Gasteiger partial charge in [0.05, 0.1) is 5.57 Å². The van der Waals surface area contributed by atoms with E-state index in [9.17, 15) is 14.4 Å². The summed E-state index contributed by atoms with van der Waals surface area (Å²) in [6.07, 6.45) is 4.06. The monoisotopic (exact) mass is 458 g/mol. The van der Waals surface area contributed by atoms with Crippen molar-refractivity contribution >= 4 is 52.1 Å². The van der Waals surface area contributed by atoms with Crippen molar-refractivity contribution in [2.45, 2.75) is 19.4 Å². The molecule has 1 aromatic carbocycles. The van der Waals surface area contributed by atoms with E-state index < -0.39 is 0 Å². The summed E-state index contributed by atoms with van der Waals surface area (Å²) in [6.45, 7) is 3.68. The van der Waals surface area contributed by atoms with Crippen molar-refractivity contribution in [1.82, 2.24) is 15.1 Å². The van der Waals surface area contributed by atoms with Crippen LogP contribution in [-0.4, -0.2) is 65.1 Å². The predicted molar refractivity (Wildman–Crippen MR) is 123 cm³/mol. The van der Waals surface area contributed by atoms with Gasteiger partial charge in [0.1, 0.15) is 0 Å². The Morgan fingerprint density at radius 1 is 1.23 bits per heavy atom. The molecule has 2 heterocycles. The lowest BCUT2D eigenvalue weighted by Crippen LogP contribution is -2.47. The van der Waals surface area contributed by atoms with Crippen LogP contribution in [0.3, 0.4) is 0 Å².